The number of nitrogens with zero attached hydrogens (tertiary/aromatic N) is 4. The van der Waals surface area contributed by atoms with Crippen LogP contribution in [0.3, 0.4) is 0 Å². The van der Waals surface area contributed by atoms with Crippen LogP contribution in [-0.4, -0.2) is 25.7 Å². The number of nitrogens with two attached hydrogens (primary N) is 1. The van der Waals surface area contributed by atoms with Crippen molar-refractivity contribution >= 4 is 38.5 Å². The monoisotopic (exact) mass is 274 g/mol. The fourth-order valence-corrected chi connectivity index (χ4v) is 2.44. The van der Waals surface area contributed by atoms with Crippen molar-refractivity contribution in [2.75, 3.05) is 11.1 Å². The second-order valence-electron chi connectivity index (χ2n) is 3.90. The van der Waals surface area contributed by atoms with Gasteiger partial charge in [-0.1, -0.05) is 11.3 Å². The number of hydrogen-bond acceptors (Lipinski definition) is 6. The summed E-state index contributed by atoms with van der Waals surface area (Å²) in [5.41, 5.74) is 6.95. The molecule has 0 spiro atoms. The van der Waals surface area contributed by atoms with Crippen molar-refractivity contribution < 1.29 is 4.79 Å². The van der Waals surface area contributed by atoms with Crippen LogP contribution in [0.15, 0.2) is 24.5 Å². The third-order valence-corrected chi connectivity index (χ3v) is 3.45. The Morgan fingerprint density at radius 3 is 3.05 bits per heavy atom. The summed E-state index contributed by atoms with van der Waals surface area (Å²) in [4.78, 5) is 20.2. The van der Waals surface area contributed by atoms with Crippen LogP contribution in [0.1, 0.15) is 10.4 Å². The van der Waals surface area contributed by atoms with E-state index in [-0.39, 0.29) is 5.91 Å². The topological polar surface area (TPSA) is 98.7 Å². The van der Waals surface area contributed by atoms with Crippen molar-refractivity contribution in [1.29, 1.82) is 0 Å². The number of hydrogen-bond donors (Lipinski definition) is 2. The Kier molecular flexibility index (Phi) is 2.64. The van der Waals surface area contributed by atoms with Crippen LogP contribution in [-0.2, 0) is 7.05 Å². The molecule has 0 saturated carbocycles. The highest BCUT2D eigenvalue weighted by Gasteiger charge is 2.11. The van der Waals surface area contributed by atoms with Crippen LogP contribution < -0.4 is 11.1 Å². The van der Waals surface area contributed by atoms with Gasteiger partial charge in [0, 0.05) is 12.6 Å². The Hall–Kier alpha value is -2.48. The molecule has 19 heavy (non-hydrogen) atoms. The smallest absolute Gasteiger partial charge is 0.258 e. The first kappa shape index (κ1) is 11.6. The van der Waals surface area contributed by atoms with Gasteiger partial charge in [0.25, 0.3) is 5.91 Å². The summed E-state index contributed by atoms with van der Waals surface area (Å²) in [6, 6.07) is 5.23. The molecule has 1 aromatic carbocycles. The molecule has 0 aliphatic carbocycles. The van der Waals surface area contributed by atoms with Crippen molar-refractivity contribution in [2.45, 2.75) is 0 Å². The quantitative estimate of drug-likeness (QED) is 0.733. The lowest BCUT2D eigenvalue weighted by atomic mass is 10.2. The highest BCUT2D eigenvalue weighted by atomic mass is 32.1. The Morgan fingerprint density at radius 1 is 1.47 bits per heavy atom. The maximum atomic E-state index is 12.1. The van der Waals surface area contributed by atoms with Gasteiger partial charge in [-0.25, -0.2) is 9.67 Å². The van der Waals surface area contributed by atoms with Crippen LogP contribution in [0.5, 0.6) is 0 Å². The van der Waals surface area contributed by atoms with E-state index in [0.29, 0.717) is 16.6 Å². The molecule has 3 rings (SSSR count). The minimum atomic E-state index is -0.245. The fraction of sp³-hybridized carbons (Fsp3) is 0.0909. The van der Waals surface area contributed by atoms with Gasteiger partial charge in [-0.05, 0) is 18.2 Å². The fourth-order valence-electron chi connectivity index (χ4n) is 1.67. The van der Waals surface area contributed by atoms with E-state index in [1.807, 2.05) is 0 Å². The number of rotatable bonds is 2. The first-order valence-electron chi connectivity index (χ1n) is 5.45. The van der Waals surface area contributed by atoms with Crippen molar-refractivity contribution in [3.05, 3.63) is 30.1 Å². The number of fused-ring (bicyclic) bond motifs is 1. The minimum Gasteiger partial charge on any atom is -0.375 e. The number of carbonyl (C=O) groups is 1. The van der Waals surface area contributed by atoms with Gasteiger partial charge in [-0.3, -0.25) is 10.1 Å². The Balaban J connectivity index is 1.91. The summed E-state index contributed by atoms with van der Waals surface area (Å²) >= 11 is 1.35. The Morgan fingerprint density at radius 2 is 2.32 bits per heavy atom. The van der Waals surface area contributed by atoms with Crippen molar-refractivity contribution in [3.63, 3.8) is 0 Å². The zero-order valence-electron chi connectivity index (χ0n) is 9.99. The predicted molar refractivity (Wildman–Crippen MR) is 73.0 cm³/mol. The molecule has 7 nitrogen and oxygen atoms in total. The minimum absolute atomic E-state index is 0.245. The maximum Gasteiger partial charge on any atom is 0.258 e. The molecule has 96 valence electrons. The molecule has 0 atom stereocenters. The number of benzene rings is 1. The van der Waals surface area contributed by atoms with Crippen molar-refractivity contribution in [1.82, 2.24) is 19.7 Å². The summed E-state index contributed by atoms with van der Waals surface area (Å²) in [6.07, 6.45) is 1.38. The first-order valence-corrected chi connectivity index (χ1v) is 6.26. The molecule has 0 saturated heterocycles. The van der Waals surface area contributed by atoms with Gasteiger partial charge in [-0.2, -0.15) is 10.1 Å². The van der Waals surface area contributed by atoms with E-state index in [2.05, 4.69) is 20.4 Å². The summed E-state index contributed by atoms with van der Waals surface area (Å²) in [5, 5.41) is 7.05. The van der Waals surface area contributed by atoms with Crippen molar-refractivity contribution in [2.24, 2.45) is 7.05 Å². The van der Waals surface area contributed by atoms with Gasteiger partial charge in [0.2, 0.25) is 5.95 Å². The van der Waals surface area contributed by atoms with Gasteiger partial charge in [0.1, 0.15) is 6.33 Å². The molecule has 0 aliphatic heterocycles. The Labute approximate surface area is 112 Å². The normalized spacial score (nSPS) is 10.8. The SMILES string of the molecule is Cn1ncnc1NC(=O)c1ccc2nc(N)sc2c1. The number of thiazole rings is 1. The van der Waals surface area contributed by atoms with Crippen LogP contribution in [0, 0.1) is 0 Å². The molecule has 8 heteroatoms. The van der Waals surface area contributed by atoms with Gasteiger partial charge in [-0.15, -0.1) is 0 Å². The molecule has 2 aromatic heterocycles. The number of nitrogen functional groups attached to an aromatic ring is 1. The molecule has 1 amide bonds. The van der Waals surface area contributed by atoms with E-state index in [1.165, 1.54) is 22.3 Å². The average molecular weight is 274 g/mol. The molecule has 3 aromatic rings. The number of nitrogens with one attached hydrogen (secondary N) is 1. The van der Waals surface area contributed by atoms with Crippen LogP contribution in [0.2, 0.25) is 0 Å². The van der Waals surface area contributed by atoms with Crippen LogP contribution in [0.25, 0.3) is 10.2 Å². The molecule has 0 aliphatic rings. The van der Waals surface area contributed by atoms with E-state index in [4.69, 9.17) is 5.73 Å². The summed E-state index contributed by atoms with van der Waals surface area (Å²) < 4.78 is 2.37. The predicted octanol–water partition coefficient (Wildman–Crippen LogP) is 1.26. The molecule has 3 N–H and O–H groups in total. The third-order valence-electron chi connectivity index (χ3n) is 2.60. The van der Waals surface area contributed by atoms with Crippen LogP contribution in [0.4, 0.5) is 11.1 Å². The molecule has 2 heterocycles. The number of carbonyl (C=O) groups excluding carboxylic acids is 1. The van der Waals surface area contributed by atoms with Crippen LogP contribution >= 0.6 is 11.3 Å². The van der Waals surface area contributed by atoms with E-state index in [1.54, 1.807) is 25.2 Å². The molecule has 0 radical (unpaired) electrons. The first-order chi connectivity index (χ1) is 9.13. The van der Waals surface area contributed by atoms with Gasteiger partial charge < -0.3 is 5.73 Å². The Bertz CT molecular complexity index is 761. The second-order valence-corrected chi connectivity index (χ2v) is 4.96. The maximum absolute atomic E-state index is 12.1. The number of anilines is 2. The highest BCUT2D eigenvalue weighted by molar-refractivity contribution is 7.22. The van der Waals surface area contributed by atoms with Gasteiger partial charge in [0.05, 0.1) is 10.2 Å². The number of aryl methyl sites for hydroxylation is 1. The van der Waals surface area contributed by atoms with Gasteiger partial charge >= 0.3 is 0 Å². The largest absolute Gasteiger partial charge is 0.375 e. The molecule has 0 bridgehead atoms. The molecule has 0 fully saturated rings. The summed E-state index contributed by atoms with van der Waals surface area (Å²) in [7, 11) is 1.70. The lowest BCUT2D eigenvalue weighted by Gasteiger charge is -2.03. The third kappa shape index (κ3) is 2.13. The summed E-state index contributed by atoms with van der Waals surface area (Å²) in [5.74, 6) is 0.152. The molecule has 0 unspecified atom stereocenters. The zero-order valence-corrected chi connectivity index (χ0v) is 10.8. The van der Waals surface area contributed by atoms with Gasteiger partial charge in [0.15, 0.2) is 5.13 Å². The van der Waals surface area contributed by atoms with E-state index in [0.717, 1.165) is 10.2 Å². The second kappa shape index (κ2) is 4.32. The lowest BCUT2D eigenvalue weighted by molar-refractivity contribution is 0.102. The van der Waals surface area contributed by atoms with E-state index < -0.39 is 0 Å². The zero-order chi connectivity index (χ0) is 13.4. The van der Waals surface area contributed by atoms with E-state index >= 15 is 0 Å². The molecular weight excluding hydrogens is 264 g/mol. The number of aromatic nitrogens is 4. The highest BCUT2D eigenvalue weighted by Crippen LogP contribution is 2.24. The van der Waals surface area contributed by atoms with E-state index in [9.17, 15) is 4.79 Å². The van der Waals surface area contributed by atoms with Crippen molar-refractivity contribution in [3.8, 4) is 0 Å². The number of amides is 1. The average Bonchev–Trinajstić information content (AvgIpc) is 2.93. The molecular formula is C11H10N6OS. The summed E-state index contributed by atoms with van der Waals surface area (Å²) in [6.45, 7) is 0. The lowest BCUT2D eigenvalue weighted by Crippen LogP contribution is -2.15. The standard InChI is InChI=1S/C11H10N6OS/c1-17-11(13-5-14-17)16-9(18)6-2-3-7-8(4-6)19-10(12)15-7/h2-5H,1H3,(H2,12,15)(H,13,14,16,18).